The smallest absolute Gasteiger partial charge is 0.273 e. The summed E-state index contributed by atoms with van der Waals surface area (Å²) in [4.78, 5) is 26.6. The fraction of sp³-hybridized carbons (Fsp3) is 0.208. The lowest BCUT2D eigenvalue weighted by Gasteiger charge is -2.34. The molecule has 0 radical (unpaired) electrons. The third-order valence-electron chi connectivity index (χ3n) is 5.36. The first-order valence-corrected chi connectivity index (χ1v) is 12.0. The number of piperazine rings is 1. The normalized spacial score (nSPS) is 14.6. The van der Waals surface area contributed by atoms with E-state index in [0.717, 1.165) is 46.5 Å². The lowest BCUT2D eigenvalue weighted by atomic mass is 10.2. The van der Waals surface area contributed by atoms with Crippen LogP contribution in [0.1, 0.15) is 16.2 Å². The first kappa shape index (κ1) is 20.1. The van der Waals surface area contributed by atoms with Gasteiger partial charge in [-0.05, 0) is 0 Å². The van der Waals surface area contributed by atoms with E-state index in [1.165, 1.54) is 11.3 Å². The second-order valence-electron chi connectivity index (χ2n) is 7.48. The molecular weight excluding hydrogens is 424 g/mol. The molecule has 4 aromatic rings. The highest BCUT2D eigenvalue weighted by Gasteiger charge is 2.24. The molecule has 2 aromatic heterocycles. The summed E-state index contributed by atoms with van der Waals surface area (Å²) in [5, 5.41) is 5.96. The number of hydrogen-bond acceptors (Lipinski definition) is 6. The van der Waals surface area contributed by atoms with Crippen LogP contribution >= 0.6 is 22.7 Å². The van der Waals surface area contributed by atoms with E-state index in [1.54, 1.807) is 11.3 Å². The van der Waals surface area contributed by atoms with Crippen molar-refractivity contribution in [3.8, 4) is 21.1 Å². The van der Waals surface area contributed by atoms with Crippen LogP contribution in [0.4, 0.5) is 0 Å². The minimum atomic E-state index is 0.0260. The Morgan fingerprint density at radius 1 is 0.774 bits per heavy atom. The van der Waals surface area contributed by atoms with Crippen LogP contribution in [-0.2, 0) is 6.54 Å². The third-order valence-corrected chi connectivity index (χ3v) is 7.19. The zero-order valence-electron chi connectivity index (χ0n) is 17.0. The van der Waals surface area contributed by atoms with Crippen molar-refractivity contribution >= 4 is 28.6 Å². The Morgan fingerprint density at radius 2 is 1.35 bits per heavy atom. The van der Waals surface area contributed by atoms with Crippen molar-refractivity contribution < 1.29 is 4.79 Å². The van der Waals surface area contributed by atoms with E-state index >= 15 is 0 Å². The Kier molecular flexibility index (Phi) is 5.88. The topological polar surface area (TPSA) is 49.3 Å². The van der Waals surface area contributed by atoms with Gasteiger partial charge < -0.3 is 4.90 Å². The first-order chi connectivity index (χ1) is 15.3. The maximum Gasteiger partial charge on any atom is 0.273 e. The highest BCUT2D eigenvalue weighted by atomic mass is 32.1. The fourth-order valence-electron chi connectivity index (χ4n) is 3.68. The van der Waals surface area contributed by atoms with Crippen molar-refractivity contribution in [3.63, 3.8) is 0 Å². The van der Waals surface area contributed by atoms with Gasteiger partial charge in [-0.1, -0.05) is 60.7 Å². The summed E-state index contributed by atoms with van der Waals surface area (Å²) in [5.74, 6) is 0.0260. The van der Waals surface area contributed by atoms with Gasteiger partial charge in [0.25, 0.3) is 5.91 Å². The van der Waals surface area contributed by atoms with E-state index < -0.39 is 0 Å². The summed E-state index contributed by atoms with van der Waals surface area (Å²) >= 11 is 3.21. The molecule has 5 nitrogen and oxygen atoms in total. The standard InChI is InChI=1S/C24H22N4OS2/c29-24(21-17-31-23(26-21)19-9-5-2-6-10-19)28-13-11-27(12-14-28)15-20-16-30-22(25-20)18-7-3-1-4-8-18/h1-10,16-17H,11-15H2. The molecule has 0 atom stereocenters. The molecule has 0 saturated carbocycles. The van der Waals surface area contributed by atoms with Crippen molar-refractivity contribution in [2.24, 2.45) is 0 Å². The first-order valence-electron chi connectivity index (χ1n) is 10.3. The van der Waals surface area contributed by atoms with E-state index in [-0.39, 0.29) is 5.91 Å². The molecule has 0 aliphatic carbocycles. The second kappa shape index (κ2) is 9.09. The van der Waals surface area contributed by atoms with Crippen molar-refractivity contribution in [1.29, 1.82) is 0 Å². The quantitative estimate of drug-likeness (QED) is 0.438. The van der Waals surface area contributed by atoms with Gasteiger partial charge in [0.15, 0.2) is 0 Å². The molecule has 156 valence electrons. The number of amides is 1. The second-order valence-corrected chi connectivity index (χ2v) is 9.20. The molecule has 31 heavy (non-hydrogen) atoms. The number of carbonyl (C=O) groups is 1. The van der Waals surface area contributed by atoms with Crippen LogP contribution < -0.4 is 0 Å². The lowest BCUT2D eigenvalue weighted by Crippen LogP contribution is -2.48. The molecule has 0 bridgehead atoms. The van der Waals surface area contributed by atoms with Crippen LogP contribution in [0.3, 0.4) is 0 Å². The maximum atomic E-state index is 12.9. The van der Waals surface area contributed by atoms with Crippen molar-refractivity contribution in [2.45, 2.75) is 6.54 Å². The van der Waals surface area contributed by atoms with Gasteiger partial charge in [0.2, 0.25) is 0 Å². The van der Waals surface area contributed by atoms with Crippen LogP contribution in [0.25, 0.3) is 21.1 Å². The Hall–Kier alpha value is -2.87. The Bertz CT molecular complexity index is 1150. The number of aromatic nitrogens is 2. The van der Waals surface area contributed by atoms with Crippen LogP contribution in [0.2, 0.25) is 0 Å². The Labute approximate surface area is 189 Å². The molecule has 0 spiro atoms. The molecule has 2 aromatic carbocycles. The number of thiazole rings is 2. The zero-order valence-corrected chi connectivity index (χ0v) is 18.6. The third kappa shape index (κ3) is 4.58. The van der Waals surface area contributed by atoms with E-state index in [1.807, 2.05) is 58.8 Å². The fourth-order valence-corrected chi connectivity index (χ4v) is 5.30. The van der Waals surface area contributed by atoms with E-state index in [9.17, 15) is 4.79 Å². The zero-order chi connectivity index (χ0) is 21.0. The minimum absolute atomic E-state index is 0.0260. The van der Waals surface area contributed by atoms with E-state index in [2.05, 4.69) is 27.4 Å². The summed E-state index contributed by atoms with van der Waals surface area (Å²) in [5.41, 5.74) is 3.85. The maximum absolute atomic E-state index is 12.9. The molecule has 1 aliphatic rings. The summed E-state index contributed by atoms with van der Waals surface area (Å²) in [6, 6.07) is 20.3. The number of carbonyl (C=O) groups excluding carboxylic acids is 1. The molecule has 0 N–H and O–H groups in total. The van der Waals surface area contributed by atoms with Crippen molar-refractivity contribution in [3.05, 3.63) is 82.8 Å². The van der Waals surface area contributed by atoms with Gasteiger partial charge in [-0.2, -0.15) is 0 Å². The van der Waals surface area contributed by atoms with Crippen LogP contribution in [0.5, 0.6) is 0 Å². The number of nitrogens with zero attached hydrogens (tertiary/aromatic N) is 4. The Balaban J connectivity index is 1.17. The van der Waals surface area contributed by atoms with Gasteiger partial charge in [0.1, 0.15) is 15.7 Å². The van der Waals surface area contributed by atoms with Gasteiger partial charge in [-0.3, -0.25) is 9.69 Å². The molecule has 0 unspecified atom stereocenters. The molecule has 1 amide bonds. The molecular formula is C24H22N4OS2. The van der Waals surface area contributed by atoms with Gasteiger partial charge in [0, 0.05) is 54.6 Å². The summed E-state index contributed by atoms with van der Waals surface area (Å²) in [6.45, 7) is 3.94. The lowest BCUT2D eigenvalue weighted by molar-refractivity contribution is 0.0622. The summed E-state index contributed by atoms with van der Waals surface area (Å²) < 4.78 is 0. The Morgan fingerprint density at radius 3 is 2.00 bits per heavy atom. The SMILES string of the molecule is O=C(c1csc(-c2ccccc2)n1)N1CCN(Cc2csc(-c3ccccc3)n2)CC1. The van der Waals surface area contributed by atoms with E-state index in [4.69, 9.17) is 4.98 Å². The molecule has 1 aliphatic heterocycles. The van der Waals surface area contributed by atoms with Crippen molar-refractivity contribution in [1.82, 2.24) is 19.8 Å². The van der Waals surface area contributed by atoms with Gasteiger partial charge in [-0.15, -0.1) is 22.7 Å². The highest BCUT2D eigenvalue weighted by Crippen LogP contribution is 2.25. The van der Waals surface area contributed by atoms with Gasteiger partial charge in [-0.25, -0.2) is 9.97 Å². The predicted molar refractivity (Wildman–Crippen MR) is 126 cm³/mol. The molecule has 7 heteroatoms. The van der Waals surface area contributed by atoms with E-state index in [0.29, 0.717) is 18.8 Å². The largest absolute Gasteiger partial charge is 0.335 e. The van der Waals surface area contributed by atoms with Crippen LogP contribution in [0.15, 0.2) is 71.4 Å². The number of benzene rings is 2. The molecule has 1 saturated heterocycles. The minimum Gasteiger partial charge on any atom is -0.335 e. The highest BCUT2D eigenvalue weighted by molar-refractivity contribution is 7.13. The average Bonchev–Trinajstić information content (AvgIpc) is 3.51. The number of hydrogen-bond donors (Lipinski definition) is 0. The molecule has 3 heterocycles. The number of rotatable bonds is 5. The summed E-state index contributed by atoms with van der Waals surface area (Å²) in [7, 11) is 0. The van der Waals surface area contributed by atoms with Gasteiger partial charge >= 0.3 is 0 Å². The average molecular weight is 447 g/mol. The molecule has 1 fully saturated rings. The van der Waals surface area contributed by atoms with Crippen LogP contribution in [-0.4, -0.2) is 51.9 Å². The molecule has 5 rings (SSSR count). The van der Waals surface area contributed by atoms with Crippen LogP contribution in [0, 0.1) is 0 Å². The monoisotopic (exact) mass is 446 g/mol. The summed E-state index contributed by atoms with van der Waals surface area (Å²) in [6.07, 6.45) is 0. The predicted octanol–water partition coefficient (Wildman–Crippen LogP) is 4.89. The van der Waals surface area contributed by atoms with Crippen molar-refractivity contribution in [2.75, 3.05) is 26.2 Å². The van der Waals surface area contributed by atoms with Gasteiger partial charge in [0.05, 0.1) is 5.69 Å².